The van der Waals surface area contributed by atoms with Crippen LogP contribution in [0.25, 0.3) is 0 Å². The summed E-state index contributed by atoms with van der Waals surface area (Å²) in [6.45, 7) is 7.36. The fraction of sp³-hybridized carbons (Fsp3) is 0.522. The lowest BCUT2D eigenvalue weighted by Gasteiger charge is -2.25. The van der Waals surface area contributed by atoms with E-state index < -0.39 is 0 Å². The zero-order valence-corrected chi connectivity index (χ0v) is 17.0. The van der Waals surface area contributed by atoms with Crippen LogP contribution in [0.5, 0.6) is 0 Å². The standard InChI is InChI=1S/C23H28N4O/c1-23(2,3)27-21(18-11-7-8-12-20(18)25-27)22(28)26-14-17(13-24)19(15-26)16-9-5-4-6-10-16/h4-6,9-10,17,19H,7-8,11-12,14-15H2,1-3H3/t17-,19+/m1/s1. The second kappa shape index (κ2) is 7.09. The van der Waals surface area contributed by atoms with Gasteiger partial charge in [0, 0.05) is 24.6 Å². The zero-order valence-electron chi connectivity index (χ0n) is 17.0. The van der Waals surface area contributed by atoms with E-state index in [1.807, 2.05) is 27.8 Å². The Balaban J connectivity index is 1.69. The molecule has 5 nitrogen and oxygen atoms in total. The van der Waals surface area contributed by atoms with Gasteiger partial charge < -0.3 is 4.90 Å². The number of fused-ring (bicyclic) bond motifs is 1. The number of amides is 1. The summed E-state index contributed by atoms with van der Waals surface area (Å²) in [7, 11) is 0. The Morgan fingerprint density at radius 3 is 2.54 bits per heavy atom. The molecule has 2 heterocycles. The molecular weight excluding hydrogens is 348 g/mol. The van der Waals surface area contributed by atoms with Crippen LogP contribution in [0.1, 0.15) is 66.8 Å². The molecule has 0 N–H and O–H groups in total. The molecule has 1 saturated heterocycles. The molecule has 146 valence electrons. The van der Waals surface area contributed by atoms with E-state index in [1.165, 1.54) is 0 Å². The molecule has 0 spiro atoms. The summed E-state index contributed by atoms with van der Waals surface area (Å²) in [6.07, 6.45) is 4.12. The highest BCUT2D eigenvalue weighted by molar-refractivity contribution is 5.95. The van der Waals surface area contributed by atoms with Gasteiger partial charge in [0.15, 0.2) is 0 Å². The number of hydrogen-bond donors (Lipinski definition) is 0. The molecule has 5 heteroatoms. The first-order valence-corrected chi connectivity index (χ1v) is 10.2. The lowest BCUT2D eigenvalue weighted by Crippen LogP contribution is -2.35. The topological polar surface area (TPSA) is 61.9 Å². The van der Waals surface area contributed by atoms with Crippen molar-refractivity contribution in [1.29, 1.82) is 5.26 Å². The first kappa shape index (κ1) is 18.7. The molecule has 1 aromatic carbocycles. The van der Waals surface area contributed by atoms with Crippen molar-refractivity contribution in [2.24, 2.45) is 5.92 Å². The van der Waals surface area contributed by atoms with Gasteiger partial charge in [-0.05, 0) is 52.0 Å². The predicted octanol–water partition coefficient (Wildman–Crippen LogP) is 3.90. The molecule has 1 fully saturated rings. The Hall–Kier alpha value is -2.61. The largest absolute Gasteiger partial charge is 0.335 e. The first-order valence-electron chi connectivity index (χ1n) is 10.2. The van der Waals surface area contributed by atoms with Gasteiger partial charge in [-0.25, -0.2) is 0 Å². The summed E-state index contributed by atoms with van der Waals surface area (Å²) >= 11 is 0. The van der Waals surface area contributed by atoms with Gasteiger partial charge in [0.05, 0.1) is 23.2 Å². The molecule has 4 rings (SSSR count). The maximum Gasteiger partial charge on any atom is 0.272 e. The van der Waals surface area contributed by atoms with E-state index in [0.29, 0.717) is 13.1 Å². The summed E-state index contributed by atoms with van der Waals surface area (Å²) in [5.41, 5.74) is 3.83. The molecule has 2 atom stereocenters. The monoisotopic (exact) mass is 376 g/mol. The third-order valence-electron chi connectivity index (χ3n) is 6.00. The van der Waals surface area contributed by atoms with Gasteiger partial charge >= 0.3 is 0 Å². The minimum atomic E-state index is -0.254. The van der Waals surface area contributed by atoms with Crippen LogP contribution >= 0.6 is 0 Å². The molecule has 1 aliphatic carbocycles. The molecule has 0 unspecified atom stereocenters. The Labute approximate surface area is 167 Å². The van der Waals surface area contributed by atoms with Gasteiger partial charge in [-0.15, -0.1) is 0 Å². The van der Waals surface area contributed by atoms with Crippen LogP contribution in [0.2, 0.25) is 0 Å². The molecule has 2 aliphatic rings. The summed E-state index contributed by atoms with van der Waals surface area (Å²) in [5.74, 6) is -0.0746. The van der Waals surface area contributed by atoms with Crippen molar-refractivity contribution in [3.63, 3.8) is 0 Å². The number of carbonyl (C=O) groups excluding carboxylic acids is 1. The maximum atomic E-state index is 13.6. The highest BCUT2D eigenvalue weighted by atomic mass is 16.2. The second-order valence-electron chi connectivity index (χ2n) is 9.03. The molecular formula is C23H28N4O. The van der Waals surface area contributed by atoms with Gasteiger partial charge in [-0.1, -0.05) is 30.3 Å². The molecule has 0 saturated carbocycles. The third-order valence-corrected chi connectivity index (χ3v) is 6.00. The minimum absolute atomic E-state index is 0.0317. The molecule has 1 aromatic heterocycles. The minimum Gasteiger partial charge on any atom is -0.335 e. The number of carbonyl (C=O) groups is 1. The number of likely N-dealkylation sites (tertiary alicyclic amines) is 1. The molecule has 1 aliphatic heterocycles. The Kier molecular flexibility index (Phi) is 4.74. The lowest BCUT2D eigenvalue weighted by atomic mass is 9.90. The smallest absolute Gasteiger partial charge is 0.272 e. The third kappa shape index (κ3) is 3.22. The average Bonchev–Trinajstić information content (AvgIpc) is 3.30. The number of benzene rings is 1. The zero-order chi connectivity index (χ0) is 19.9. The number of nitriles is 1. The van der Waals surface area contributed by atoms with Gasteiger partial charge in [-0.3, -0.25) is 9.48 Å². The van der Waals surface area contributed by atoms with E-state index in [1.54, 1.807) is 0 Å². The van der Waals surface area contributed by atoms with E-state index in [-0.39, 0.29) is 23.3 Å². The number of aryl methyl sites for hydroxylation is 1. The van der Waals surface area contributed by atoms with Crippen molar-refractivity contribution in [3.8, 4) is 6.07 Å². The van der Waals surface area contributed by atoms with E-state index in [4.69, 9.17) is 5.10 Å². The Morgan fingerprint density at radius 2 is 1.86 bits per heavy atom. The van der Waals surface area contributed by atoms with E-state index in [9.17, 15) is 10.1 Å². The molecule has 1 amide bonds. The number of rotatable bonds is 2. The summed E-state index contributed by atoms with van der Waals surface area (Å²) in [5, 5.41) is 14.5. The van der Waals surface area contributed by atoms with Crippen molar-refractivity contribution in [2.75, 3.05) is 13.1 Å². The number of aromatic nitrogens is 2. The van der Waals surface area contributed by atoms with Gasteiger partial charge in [0.1, 0.15) is 5.69 Å². The van der Waals surface area contributed by atoms with Gasteiger partial charge in [-0.2, -0.15) is 10.4 Å². The van der Waals surface area contributed by atoms with Crippen LogP contribution in [0, 0.1) is 17.2 Å². The first-order chi connectivity index (χ1) is 13.4. The van der Waals surface area contributed by atoms with Gasteiger partial charge in [0.2, 0.25) is 0 Å². The van der Waals surface area contributed by atoms with Gasteiger partial charge in [0.25, 0.3) is 5.91 Å². The molecule has 2 aromatic rings. The van der Waals surface area contributed by atoms with Crippen LogP contribution in [0.4, 0.5) is 0 Å². The average molecular weight is 377 g/mol. The fourth-order valence-corrected chi connectivity index (χ4v) is 4.55. The van der Waals surface area contributed by atoms with Crippen molar-refractivity contribution in [1.82, 2.24) is 14.7 Å². The highest BCUT2D eigenvalue weighted by Gasteiger charge is 2.39. The van der Waals surface area contributed by atoms with Crippen LogP contribution in [-0.4, -0.2) is 33.7 Å². The quantitative estimate of drug-likeness (QED) is 0.799. The van der Waals surface area contributed by atoms with Crippen LogP contribution < -0.4 is 0 Å². The van der Waals surface area contributed by atoms with Crippen LogP contribution in [-0.2, 0) is 18.4 Å². The highest BCUT2D eigenvalue weighted by Crippen LogP contribution is 2.35. The van der Waals surface area contributed by atoms with Crippen LogP contribution in [0.15, 0.2) is 30.3 Å². The number of hydrogen-bond acceptors (Lipinski definition) is 3. The Morgan fingerprint density at radius 1 is 1.14 bits per heavy atom. The Bertz CT molecular complexity index is 917. The lowest BCUT2D eigenvalue weighted by molar-refractivity contribution is 0.0766. The van der Waals surface area contributed by atoms with Crippen molar-refractivity contribution < 1.29 is 4.79 Å². The van der Waals surface area contributed by atoms with E-state index in [2.05, 4.69) is 39.0 Å². The number of nitrogens with zero attached hydrogens (tertiary/aromatic N) is 4. The molecule has 28 heavy (non-hydrogen) atoms. The molecule has 0 bridgehead atoms. The summed E-state index contributed by atoms with van der Waals surface area (Å²) in [6, 6.07) is 12.5. The van der Waals surface area contributed by atoms with E-state index >= 15 is 0 Å². The second-order valence-corrected chi connectivity index (χ2v) is 9.03. The maximum absolute atomic E-state index is 13.6. The van der Waals surface area contributed by atoms with Crippen molar-refractivity contribution >= 4 is 5.91 Å². The predicted molar refractivity (Wildman–Crippen MR) is 108 cm³/mol. The SMILES string of the molecule is CC(C)(C)n1nc2c(c1C(=O)N1C[C@@H](C#N)[C@H](c3ccccc3)C1)CCCC2. The molecule has 0 radical (unpaired) electrons. The fourth-order valence-electron chi connectivity index (χ4n) is 4.55. The summed E-state index contributed by atoms with van der Waals surface area (Å²) < 4.78 is 1.93. The van der Waals surface area contributed by atoms with Crippen LogP contribution in [0.3, 0.4) is 0 Å². The normalized spacial score (nSPS) is 22.0. The van der Waals surface area contributed by atoms with E-state index in [0.717, 1.165) is 48.2 Å². The van der Waals surface area contributed by atoms with Crippen molar-refractivity contribution in [3.05, 3.63) is 52.8 Å². The summed E-state index contributed by atoms with van der Waals surface area (Å²) in [4.78, 5) is 15.5. The van der Waals surface area contributed by atoms with Crippen molar-refractivity contribution in [2.45, 2.75) is 57.9 Å².